The van der Waals surface area contributed by atoms with Gasteiger partial charge in [0.2, 0.25) is 0 Å². The summed E-state index contributed by atoms with van der Waals surface area (Å²) in [6.45, 7) is 2.50. The number of anilines is 1. The summed E-state index contributed by atoms with van der Waals surface area (Å²) in [5.41, 5.74) is 5.54. The van der Waals surface area contributed by atoms with Gasteiger partial charge in [-0.2, -0.15) is 4.57 Å². The molecule has 4 aromatic carbocycles. The number of pyridine rings is 1. The number of benzene rings is 4. The highest BCUT2D eigenvalue weighted by atomic mass is 16.6. The summed E-state index contributed by atoms with van der Waals surface area (Å²) in [5.74, 6) is 0.322. The molecule has 0 aliphatic heterocycles. The number of aliphatic imine (C=N–C) groups is 1. The molecule has 5 rings (SSSR count). The van der Waals surface area contributed by atoms with Gasteiger partial charge < -0.3 is 19.9 Å². The Morgan fingerprint density at radius 1 is 0.860 bits per heavy atom. The SMILES string of the molecule is CC(OC(=O)c1ccccc1)[n+]1cccc(CN=C([O-])Nc2ccc(OCCc3ccccc3-c3ccccc3)cc2)c1. The van der Waals surface area contributed by atoms with Gasteiger partial charge in [0, 0.05) is 30.7 Å². The third-order valence-corrected chi connectivity index (χ3v) is 6.84. The van der Waals surface area contributed by atoms with Crippen molar-refractivity contribution in [1.29, 1.82) is 0 Å². The average molecular weight is 572 g/mol. The molecule has 1 atom stereocenters. The molecule has 0 saturated carbocycles. The fourth-order valence-electron chi connectivity index (χ4n) is 4.60. The lowest BCUT2D eigenvalue weighted by Gasteiger charge is -2.15. The van der Waals surface area contributed by atoms with Crippen LogP contribution < -0.4 is 19.7 Å². The molecule has 0 aliphatic rings. The maximum atomic E-state index is 12.5. The fraction of sp³-hybridized carbons (Fsp3) is 0.139. The van der Waals surface area contributed by atoms with Gasteiger partial charge in [0.15, 0.2) is 12.4 Å². The summed E-state index contributed by atoms with van der Waals surface area (Å²) >= 11 is 0. The van der Waals surface area contributed by atoms with Crippen LogP contribution in [0.5, 0.6) is 5.75 Å². The zero-order valence-corrected chi connectivity index (χ0v) is 23.9. The van der Waals surface area contributed by atoms with Crippen molar-refractivity contribution < 1.29 is 23.9 Å². The second kappa shape index (κ2) is 14.5. The second-order valence-electron chi connectivity index (χ2n) is 9.92. The number of aromatic nitrogens is 1. The Labute approximate surface area is 251 Å². The molecular formula is C36H33N3O4. The summed E-state index contributed by atoms with van der Waals surface area (Å²) in [6, 6.07) is 38.0. The Bertz CT molecular complexity index is 1660. The van der Waals surface area contributed by atoms with Crippen LogP contribution >= 0.6 is 0 Å². The first-order valence-corrected chi connectivity index (χ1v) is 14.2. The van der Waals surface area contributed by atoms with E-state index in [0.29, 0.717) is 17.9 Å². The van der Waals surface area contributed by atoms with Crippen molar-refractivity contribution in [3.05, 3.63) is 150 Å². The van der Waals surface area contributed by atoms with E-state index >= 15 is 0 Å². The number of ether oxygens (including phenoxy) is 2. The molecule has 0 fully saturated rings. The quantitative estimate of drug-likeness (QED) is 0.0914. The molecule has 0 amide bonds. The van der Waals surface area contributed by atoms with Crippen LogP contribution in [0.4, 0.5) is 5.69 Å². The number of nitrogens with zero attached hydrogens (tertiary/aromatic N) is 2. The van der Waals surface area contributed by atoms with E-state index in [1.165, 1.54) is 16.7 Å². The van der Waals surface area contributed by atoms with Gasteiger partial charge in [0.05, 0.1) is 24.7 Å². The van der Waals surface area contributed by atoms with E-state index < -0.39 is 18.2 Å². The molecule has 7 nitrogen and oxygen atoms in total. The first-order valence-electron chi connectivity index (χ1n) is 14.2. The first kappa shape index (κ1) is 29.1. The number of carbonyl (C=O) groups is 1. The minimum Gasteiger partial charge on any atom is -0.846 e. The van der Waals surface area contributed by atoms with Crippen LogP contribution in [0, 0.1) is 0 Å². The van der Waals surface area contributed by atoms with Gasteiger partial charge in [-0.05, 0) is 59.2 Å². The van der Waals surface area contributed by atoms with Crippen LogP contribution in [0.25, 0.3) is 11.1 Å². The number of rotatable bonds is 11. The molecule has 0 saturated heterocycles. The van der Waals surface area contributed by atoms with Gasteiger partial charge >= 0.3 is 12.2 Å². The highest BCUT2D eigenvalue weighted by Gasteiger charge is 2.18. The van der Waals surface area contributed by atoms with Gasteiger partial charge in [-0.3, -0.25) is 4.99 Å². The minimum absolute atomic E-state index is 0.178. The Kier molecular flexibility index (Phi) is 9.78. The van der Waals surface area contributed by atoms with Crippen LogP contribution in [-0.2, 0) is 17.7 Å². The lowest BCUT2D eigenvalue weighted by molar-refractivity contribution is -0.753. The van der Waals surface area contributed by atoms with Gasteiger partial charge in [0.25, 0.3) is 0 Å². The first-order chi connectivity index (χ1) is 21.0. The van der Waals surface area contributed by atoms with E-state index in [9.17, 15) is 9.90 Å². The van der Waals surface area contributed by atoms with Gasteiger partial charge in [-0.1, -0.05) is 72.8 Å². The summed E-state index contributed by atoms with van der Waals surface area (Å²) < 4.78 is 13.3. The molecule has 0 radical (unpaired) electrons. The fourth-order valence-corrected chi connectivity index (χ4v) is 4.60. The Morgan fingerprint density at radius 2 is 1.56 bits per heavy atom. The monoisotopic (exact) mass is 571 g/mol. The highest BCUT2D eigenvalue weighted by molar-refractivity contribution is 5.89. The van der Waals surface area contributed by atoms with E-state index in [4.69, 9.17) is 9.47 Å². The van der Waals surface area contributed by atoms with E-state index in [1.807, 2.05) is 60.8 Å². The van der Waals surface area contributed by atoms with Crippen LogP contribution in [0.2, 0.25) is 0 Å². The number of hydrogen-bond acceptors (Lipinski definition) is 5. The van der Waals surface area contributed by atoms with E-state index in [-0.39, 0.29) is 6.54 Å². The van der Waals surface area contributed by atoms with Crippen molar-refractivity contribution in [1.82, 2.24) is 0 Å². The number of esters is 1. The van der Waals surface area contributed by atoms with Crippen molar-refractivity contribution in [2.75, 3.05) is 11.9 Å². The topological polar surface area (TPSA) is 86.9 Å². The summed E-state index contributed by atoms with van der Waals surface area (Å²) in [4.78, 5) is 16.5. The van der Waals surface area contributed by atoms with Crippen molar-refractivity contribution in [3.63, 3.8) is 0 Å². The summed E-state index contributed by atoms with van der Waals surface area (Å²) in [6.07, 6.45) is 3.86. The van der Waals surface area contributed by atoms with Crippen molar-refractivity contribution in [3.8, 4) is 16.9 Å². The normalized spacial score (nSPS) is 11.9. The Hall–Kier alpha value is -5.43. The molecule has 1 heterocycles. The predicted octanol–water partition coefficient (Wildman–Crippen LogP) is 5.97. The van der Waals surface area contributed by atoms with Crippen LogP contribution in [-0.4, -0.2) is 18.6 Å². The average Bonchev–Trinajstić information content (AvgIpc) is 3.06. The van der Waals surface area contributed by atoms with Crippen molar-refractivity contribution >= 4 is 17.7 Å². The number of carbonyl (C=O) groups excluding carboxylic acids is 1. The van der Waals surface area contributed by atoms with E-state index in [1.54, 1.807) is 54.1 Å². The van der Waals surface area contributed by atoms with E-state index in [0.717, 1.165) is 17.7 Å². The summed E-state index contributed by atoms with van der Waals surface area (Å²) in [5, 5.41) is 15.3. The Morgan fingerprint density at radius 3 is 2.33 bits per heavy atom. The minimum atomic E-state index is -0.527. The Balaban J connectivity index is 1.11. The lowest BCUT2D eigenvalue weighted by atomic mass is 9.98. The zero-order chi connectivity index (χ0) is 29.9. The zero-order valence-electron chi connectivity index (χ0n) is 23.9. The number of hydrogen-bond donors (Lipinski definition) is 1. The molecular weight excluding hydrogens is 538 g/mol. The molecule has 7 heteroatoms. The second-order valence-corrected chi connectivity index (χ2v) is 9.92. The molecule has 0 aliphatic carbocycles. The third-order valence-electron chi connectivity index (χ3n) is 6.84. The third kappa shape index (κ3) is 8.30. The molecule has 216 valence electrons. The maximum absolute atomic E-state index is 12.5. The molecule has 0 spiro atoms. The lowest BCUT2D eigenvalue weighted by Crippen LogP contribution is -2.40. The smallest absolute Gasteiger partial charge is 0.343 e. The largest absolute Gasteiger partial charge is 0.846 e. The highest BCUT2D eigenvalue weighted by Crippen LogP contribution is 2.24. The van der Waals surface area contributed by atoms with Crippen molar-refractivity contribution in [2.45, 2.75) is 26.1 Å². The van der Waals surface area contributed by atoms with Crippen LogP contribution in [0.3, 0.4) is 0 Å². The van der Waals surface area contributed by atoms with Gasteiger partial charge in [0.1, 0.15) is 5.75 Å². The van der Waals surface area contributed by atoms with Crippen LogP contribution in [0.1, 0.15) is 34.6 Å². The number of amidine groups is 1. The molecule has 1 aromatic heterocycles. The molecule has 0 bridgehead atoms. The maximum Gasteiger partial charge on any atom is 0.343 e. The van der Waals surface area contributed by atoms with Crippen LogP contribution in [0.15, 0.2) is 139 Å². The van der Waals surface area contributed by atoms with Gasteiger partial charge in [-0.15, -0.1) is 0 Å². The standard InChI is InChI=1S/C36H33N3O4/c1-27(43-35(40)31-15-6-3-7-16-31)39-23-10-11-28(26-39)25-37-36(41)38-32-18-20-33(21-19-32)42-24-22-30-14-8-9-17-34(30)29-12-4-2-5-13-29/h2-21,23,26-27H,22,24-25H2,1H3,(H-,37,38,41). The molecule has 43 heavy (non-hydrogen) atoms. The van der Waals surface area contributed by atoms with E-state index in [2.05, 4.69) is 40.6 Å². The number of nitrogens with one attached hydrogen (secondary N) is 1. The van der Waals surface area contributed by atoms with Crippen molar-refractivity contribution in [2.24, 2.45) is 4.99 Å². The predicted molar refractivity (Wildman–Crippen MR) is 165 cm³/mol. The molecule has 1 unspecified atom stereocenters. The molecule has 5 aromatic rings. The van der Waals surface area contributed by atoms with Gasteiger partial charge in [-0.25, -0.2) is 4.79 Å². The molecule has 1 N–H and O–H groups in total. The summed E-state index contributed by atoms with van der Waals surface area (Å²) in [7, 11) is 0.